The predicted molar refractivity (Wildman–Crippen MR) is 138 cm³/mol. The van der Waals surface area contributed by atoms with Gasteiger partial charge in [-0.15, -0.1) is 0 Å². The first-order chi connectivity index (χ1) is 16.8. The SMILES string of the molecule is CC(C)OCCCNC(=O)CN1C(=O)[C@@H](CC(=O)NCc2ccccc2)C[C@@H]1c1ccc(Br)cc1. The number of benzene rings is 2. The van der Waals surface area contributed by atoms with Crippen LogP contribution >= 0.6 is 15.9 Å². The zero-order chi connectivity index (χ0) is 25.2. The van der Waals surface area contributed by atoms with Gasteiger partial charge in [-0.25, -0.2) is 0 Å². The third-order valence-electron chi connectivity index (χ3n) is 5.94. The third kappa shape index (κ3) is 8.47. The van der Waals surface area contributed by atoms with Crippen LogP contribution in [0.4, 0.5) is 0 Å². The summed E-state index contributed by atoms with van der Waals surface area (Å²) in [4.78, 5) is 40.1. The number of hydrogen-bond acceptors (Lipinski definition) is 4. The zero-order valence-corrected chi connectivity index (χ0v) is 21.9. The first-order valence-corrected chi connectivity index (χ1v) is 12.9. The molecule has 3 rings (SSSR count). The topological polar surface area (TPSA) is 87.7 Å². The lowest BCUT2D eigenvalue weighted by Crippen LogP contribution is -2.40. The highest BCUT2D eigenvalue weighted by Gasteiger charge is 2.41. The molecule has 1 aliphatic rings. The van der Waals surface area contributed by atoms with Crippen LogP contribution < -0.4 is 10.6 Å². The highest BCUT2D eigenvalue weighted by atomic mass is 79.9. The molecule has 2 aromatic carbocycles. The molecule has 3 amide bonds. The number of ether oxygens (including phenoxy) is 1. The normalized spacial score (nSPS) is 17.6. The lowest BCUT2D eigenvalue weighted by Gasteiger charge is -2.24. The minimum atomic E-state index is -0.466. The van der Waals surface area contributed by atoms with Gasteiger partial charge in [-0.2, -0.15) is 0 Å². The van der Waals surface area contributed by atoms with Crippen LogP contribution in [0.25, 0.3) is 0 Å². The van der Waals surface area contributed by atoms with E-state index in [0.717, 1.165) is 15.6 Å². The number of carbonyl (C=O) groups excluding carboxylic acids is 3. The molecule has 0 radical (unpaired) electrons. The molecule has 8 heteroatoms. The Morgan fingerprint density at radius 2 is 1.77 bits per heavy atom. The van der Waals surface area contributed by atoms with E-state index in [4.69, 9.17) is 4.74 Å². The van der Waals surface area contributed by atoms with Crippen molar-refractivity contribution in [2.75, 3.05) is 19.7 Å². The number of nitrogens with zero attached hydrogens (tertiary/aromatic N) is 1. The molecule has 2 aromatic rings. The maximum Gasteiger partial charge on any atom is 0.239 e. The highest BCUT2D eigenvalue weighted by Crippen LogP contribution is 2.38. The van der Waals surface area contributed by atoms with Gasteiger partial charge in [0.2, 0.25) is 17.7 Å². The van der Waals surface area contributed by atoms with E-state index < -0.39 is 5.92 Å². The van der Waals surface area contributed by atoms with Gasteiger partial charge in [0.25, 0.3) is 0 Å². The van der Waals surface area contributed by atoms with E-state index in [9.17, 15) is 14.4 Å². The van der Waals surface area contributed by atoms with Crippen LogP contribution in [0.2, 0.25) is 0 Å². The highest BCUT2D eigenvalue weighted by molar-refractivity contribution is 9.10. The van der Waals surface area contributed by atoms with E-state index >= 15 is 0 Å². The molecule has 0 aromatic heterocycles. The molecule has 1 saturated heterocycles. The van der Waals surface area contributed by atoms with Gasteiger partial charge in [-0.3, -0.25) is 14.4 Å². The van der Waals surface area contributed by atoms with E-state index in [-0.39, 0.29) is 42.8 Å². The Morgan fingerprint density at radius 3 is 2.46 bits per heavy atom. The summed E-state index contributed by atoms with van der Waals surface area (Å²) in [5, 5.41) is 5.78. The van der Waals surface area contributed by atoms with Gasteiger partial charge in [0, 0.05) is 36.5 Å². The maximum atomic E-state index is 13.3. The zero-order valence-electron chi connectivity index (χ0n) is 20.3. The maximum absolute atomic E-state index is 13.3. The Morgan fingerprint density at radius 1 is 1.06 bits per heavy atom. The van der Waals surface area contributed by atoms with E-state index in [1.807, 2.05) is 68.4 Å². The quantitative estimate of drug-likeness (QED) is 0.396. The summed E-state index contributed by atoms with van der Waals surface area (Å²) in [6.07, 6.45) is 1.46. The van der Waals surface area contributed by atoms with Crippen LogP contribution in [-0.2, 0) is 25.7 Å². The summed E-state index contributed by atoms with van der Waals surface area (Å²) in [6, 6.07) is 17.2. The molecule has 0 saturated carbocycles. The molecular formula is C27H34BrN3O4. The minimum Gasteiger partial charge on any atom is -0.379 e. The monoisotopic (exact) mass is 543 g/mol. The number of amides is 3. The lowest BCUT2D eigenvalue weighted by atomic mass is 9.97. The summed E-state index contributed by atoms with van der Waals surface area (Å²) in [5.74, 6) is -1.00. The Balaban J connectivity index is 1.60. The Kier molecular flexibility index (Phi) is 10.3. The number of likely N-dealkylation sites (tertiary alicyclic amines) is 1. The lowest BCUT2D eigenvalue weighted by molar-refractivity contribution is -0.138. The van der Waals surface area contributed by atoms with Crippen molar-refractivity contribution in [1.82, 2.24) is 15.5 Å². The molecule has 7 nitrogen and oxygen atoms in total. The largest absolute Gasteiger partial charge is 0.379 e. The average Bonchev–Trinajstić information content (AvgIpc) is 3.13. The van der Waals surface area contributed by atoms with Gasteiger partial charge in [-0.1, -0.05) is 58.4 Å². The molecule has 2 N–H and O–H groups in total. The molecule has 0 spiro atoms. The second kappa shape index (κ2) is 13.4. The molecule has 1 fully saturated rings. The van der Waals surface area contributed by atoms with Crippen LogP contribution in [0.5, 0.6) is 0 Å². The average molecular weight is 544 g/mol. The predicted octanol–water partition coefficient (Wildman–Crippen LogP) is 3.98. The van der Waals surface area contributed by atoms with E-state index in [0.29, 0.717) is 32.5 Å². The van der Waals surface area contributed by atoms with Crippen molar-refractivity contribution in [3.05, 3.63) is 70.2 Å². The molecule has 0 bridgehead atoms. The van der Waals surface area contributed by atoms with Crippen LogP contribution in [-0.4, -0.2) is 48.4 Å². The number of halogens is 1. The summed E-state index contributed by atoms with van der Waals surface area (Å²) < 4.78 is 6.44. The fraction of sp³-hybridized carbons (Fsp3) is 0.444. The summed E-state index contributed by atoms with van der Waals surface area (Å²) >= 11 is 3.44. The molecule has 1 heterocycles. The molecule has 188 valence electrons. The summed E-state index contributed by atoms with van der Waals surface area (Å²) in [6.45, 7) is 5.39. The van der Waals surface area contributed by atoms with Crippen LogP contribution in [0.3, 0.4) is 0 Å². The van der Waals surface area contributed by atoms with Crippen LogP contribution in [0.1, 0.15) is 50.3 Å². The van der Waals surface area contributed by atoms with Crippen LogP contribution in [0, 0.1) is 5.92 Å². The number of carbonyl (C=O) groups is 3. The first kappa shape index (κ1) is 26.9. The van der Waals surface area contributed by atoms with Crippen molar-refractivity contribution >= 4 is 33.7 Å². The van der Waals surface area contributed by atoms with Crippen molar-refractivity contribution < 1.29 is 19.1 Å². The molecule has 35 heavy (non-hydrogen) atoms. The van der Waals surface area contributed by atoms with Gasteiger partial charge < -0.3 is 20.3 Å². The van der Waals surface area contributed by atoms with E-state index in [1.54, 1.807) is 4.90 Å². The molecule has 1 aliphatic heterocycles. The van der Waals surface area contributed by atoms with Gasteiger partial charge in [0.15, 0.2) is 0 Å². The fourth-order valence-electron chi connectivity index (χ4n) is 4.17. The molecule has 0 unspecified atom stereocenters. The fourth-order valence-corrected chi connectivity index (χ4v) is 4.43. The Labute approximate surface area is 215 Å². The van der Waals surface area contributed by atoms with Crippen molar-refractivity contribution in [2.24, 2.45) is 5.92 Å². The molecule has 2 atom stereocenters. The minimum absolute atomic E-state index is 0.0350. The van der Waals surface area contributed by atoms with Crippen molar-refractivity contribution in [2.45, 2.75) is 51.8 Å². The van der Waals surface area contributed by atoms with Crippen molar-refractivity contribution in [1.29, 1.82) is 0 Å². The number of nitrogens with one attached hydrogen (secondary N) is 2. The number of hydrogen-bond donors (Lipinski definition) is 2. The second-order valence-corrected chi connectivity index (χ2v) is 9.97. The smallest absolute Gasteiger partial charge is 0.239 e. The first-order valence-electron chi connectivity index (χ1n) is 12.1. The van der Waals surface area contributed by atoms with Gasteiger partial charge in [0.05, 0.1) is 12.1 Å². The summed E-state index contributed by atoms with van der Waals surface area (Å²) in [7, 11) is 0. The van der Waals surface area contributed by atoms with Crippen molar-refractivity contribution in [3.63, 3.8) is 0 Å². The summed E-state index contributed by atoms with van der Waals surface area (Å²) in [5.41, 5.74) is 1.95. The molecular weight excluding hydrogens is 510 g/mol. The van der Waals surface area contributed by atoms with E-state index in [2.05, 4.69) is 26.6 Å². The van der Waals surface area contributed by atoms with Gasteiger partial charge >= 0.3 is 0 Å². The van der Waals surface area contributed by atoms with Gasteiger partial charge in [-0.05, 0) is 49.9 Å². The standard InChI is InChI=1S/C27H34BrN3O4/c1-19(2)35-14-6-13-29-26(33)18-31-24(21-9-11-23(28)12-10-21)15-22(27(31)34)16-25(32)30-17-20-7-4-3-5-8-20/h3-5,7-12,19,22,24H,6,13-18H2,1-2H3,(H,29,33)(H,30,32)/t22-,24-/m1/s1. The number of rotatable bonds is 12. The second-order valence-electron chi connectivity index (χ2n) is 9.06. The van der Waals surface area contributed by atoms with Crippen molar-refractivity contribution in [3.8, 4) is 0 Å². The Hall–Kier alpha value is -2.71. The Bertz CT molecular complexity index is 982. The third-order valence-corrected chi connectivity index (χ3v) is 6.47. The van der Waals surface area contributed by atoms with E-state index in [1.165, 1.54) is 0 Å². The van der Waals surface area contributed by atoms with Gasteiger partial charge in [0.1, 0.15) is 6.54 Å². The molecule has 0 aliphatic carbocycles. The van der Waals surface area contributed by atoms with Crippen LogP contribution in [0.15, 0.2) is 59.1 Å².